The van der Waals surface area contributed by atoms with Crippen LogP contribution in [0.1, 0.15) is 34.5 Å². The number of carbonyl (C=O) groups is 1. The lowest BCUT2D eigenvalue weighted by atomic mass is 9.83. The van der Waals surface area contributed by atoms with Gasteiger partial charge in [0, 0.05) is 18.7 Å². The third-order valence-electron chi connectivity index (χ3n) is 5.18. The highest BCUT2D eigenvalue weighted by Crippen LogP contribution is 2.40. The molecule has 4 rings (SSSR count). The highest BCUT2D eigenvalue weighted by atomic mass is 19.1. The first-order valence-corrected chi connectivity index (χ1v) is 8.42. The van der Waals surface area contributed by atoms with Crippen LogP contribution < -0.4 is 4.74 Å². The molecule has 1 N–H and O–H groups in total. The number of benzene rings is 1. The van der Waals surface area contributed by atoms with E-state index in [1.54, 1.807) is 4.90 Å². The number of methoxy groups -OCH3 is 1. The Balaban J connectivity index is 1.50. The maximum Gasteiger partial charge on any atom is 0.253 e. The van der Waals surface area contributed by atoms with E-state index in [1.165, 1.54) is 30.9 Å². The number of halogens is 1. The molecule has 2 aromatic rings. The van der Waals surface area contributed by atoms with Crippen LogP contribution in [-0.2, 0) is 16.8 Å². The van der Waals surface area contributed by atoms with Crippen LogP contribution in [-0.4, -0.2) is 47.8 Å². The van der Waals surface area contributed by atoms with Crippen molar-refractivity contribution in [3.8, 4) is 5.75 Å². The van der Waals surface area contributed by atoms with Crippen LogP contribution in [0.4, 0.5) is 4.39 Å². The molecule has 1 aromatic carbocycles. The average Bonchev–Trinajstić information content (AvgIpc) is 3.13. The van der Waals surface area contributed by atoms with Gasteiger partial charge in [-0.1, -0.05) is 0 Å². The normalized spacial score (nSPS) is 18.9. The molecule has 7 heteroatoms. The minimum Gasteiger partial charge on any atom is -0.494 e. The summed E-state index contributed by atoms with van der Waals surface area (Å²) in [7, 11) is 1.39. The lowest BCUT2D eigenvalue weighted by Gasteiger charge is -2.43. The Labute approximate surface area is 144 Å². The summed E-state index contributed by atoms with van der Waals surface area (Å²) in [5.41, 5.74) is 2.31. The van der Waals surface area contributed by atoms with E-state index < -0.39 is 5.82 Å². The number of carbonyl (C=O) groups excluding carboxylic acids is 1. The van der Waals surface area contributed by atoms with E-state index in [-0.39, 0.29) is 17.3 Å². The number of piperidine rings is 1. The first-order chi connectivity index (χ1) is 12.1. The quantitative estimate of drug-likeness (QED) is 0.907. The lowest BCUT2D eigenvalue weighted by molar-refractivity contribution is -0.0962. The van der Waals surface area contributed by atoms with Gasteiger partial charge >= 0.3 is 0 Å². The fraction of sp³-hybridized carbons (Fsp3) is 0.444. The summed E-state index contributed by atoms with van der Waals surface area (Å²) >= 11 is 0. The number of fused-ring (bicyclic) bond motifs is 2. The molecule has 0 unspecified atom stereocenters. The molecule has 6 nitrogen and oxygen atoms in total. The first-order valence-electron chi connectivity index (χ1n) is 8.42. The van der Waals surface area contributed by atoms with Gasteiger partial charge in [0.05, 0.1) is 25.6 Å². The molecule has 0 radical (unpaired) electrons. The van der Waals surface area contributed by atoms with E-state index in [2.05, 4.69) is 10.2 Å². The SMILES string of the molecule is COc1cc(C(=O)N2CCC3(CC2)OCCc2cn[nH]c23)ccc1F. The van der Waals surface area contributed by atoms with Crippen molar-refractivity contribution < 1.29 is 18.7 Å². The Morgan fingerprint density at radius 2 is 2.20 bits per heavy atom. The molecule has 1 fully saturated rings. The number of aromatic nitrogens is 2. The Morgan fingerprint density at radius 1 is 1.40 bits per heavy atom. The van der Waals surface area contributed by atoms with Crippen molar-refractivity contribution in [2.45, 2.75) is 24.9 Å². The van der Waals surface area contributed by atoms with Gasteiger partial charge in [0.15, 0.2) is 11.6 Å². The molecule has 1 saturated heterocycles. The summed E-state index contributed by atoms with van der Waals surface area (Å²) in [6.45, 7) is 1.84. The fourth-order valence-electron chi connectivity index (χ4n) is 3.76. The van der Waals surface area contributed by atoms with E-state index in [0.29, 0.717) is 38.1 Å². The van der Waals surface area contributed by atoms with Gasteiger partial charge in [-0.2, -0.15) is 5.10 Å². The van der Waals surface area contributed by atoms with Crippen molar-refractivity contribution in [1.29, 1.82) is 0 Å². The maximum absolute atomic E-state index is 13.5. The number of nitrogens with one attached hydrogen (secondary N) is 1. The van der Waals surface area contributed by atoms with Crippen molar-refractivity contribution in [1.82, 2.24) is 15.1 Å². The molecule has 25 heavy (non-hydrogen) atoms. The molecule has 0 bridgehead atoms. The number of ether oxygens (including phenoxy) is 2. The second-order valence-electron chi connectivity index (χ2n) is 6.50. The van der Waals surface area contributed by atoms with Crippen LogP contribution in [0, 0.1) is 5.82 Å². The van der Waals surface area contributed by atoms with Gasteiger partial charge in [-0.25, -0.2) is 4.39 Å². The van der Waals surface area contributed by atoms with Crippen molar-refractivity contribution >= 4 is 5.91 Å². The molecular formula is C18H20FN3O3. The van der Waals surface area contributed by atoms with E-state index in [4.69, 9.17) is 9.47 Å². The second kappa shape index (κ2) is 6.15. The van der Waals surface area contributed by atoms with Crippen LogP contribution in [0.3, 0.4) is 0 Å². The molecule has 1 aromatic heterocycles. The monoisotopic (exact) mass is 345 g/mol. The van der Waals surface area contributed by atoms with Gasteiger partial charge in [0.2, 0.25) is 0 Å². The summed E-state index contributed by atoms with van der Waals surface area (Å²) in [4.78, 5) is 14.5. The van der Waals surface area contributed by atoms with E-state index in [0.717, 1.165) is 12.1 Å². The number of hydrogen-bond donors (Lipinski definition) is 1. The minimum atomic E-state index is -0.473. The Kier molecular flexibility index (Phi) is 3.95. The van der Waals surface area contributed by atoms with Gasteiger partial charge in [0.1, 0.15) is 5.60 Å². The van der Waals surface area contributed by atoms with Crippen molar-refractivity contribution in [3.05, 3.63) is 47.0 Å². The third-order valence-corrected chi connectivity index (χ3v) is 5.18. The topological polar surface area (TPSA) is 67.4 Å². The molecule has 1 amide bonds. The predicted molar refractivity (Wildman–Crippen MR) is 88.0 cm³/mol. The summed E-state index contributed by atoms with van der Waals surface area (Å²) in [5, 5.41) is 7.23. The Bertz CT molecular complexity index is 797. The molecule has 1 spiro atoms. The van der Waals surface area contributed by atoms with Crippen LogP contribution >= 0.6 is 0 Å². The largest absolute Gasteiger partial charge is 0.494 e. The van der Waals surface area contributed by atoms with Gasteiger partial charge in [-0.05, 0) is 43.0 Å². The summed E-state index contributed by atoms with van der Waals surface area (Å²) < 4.78 is 24.6. The minimum absolute atomic E-state index is 0.0806. The van der Waals surface area contributed by atoms with Crippen LogP contribution in [0.2, 0.25) is 0 Å². The van der Waals surface area contributed by atoms with Gasteiger partial charge in [-0.3, -0.25) is 9.89 Å². The third kappa shape index (κ3) is 2.68. The standard InChI is InChI=1S/C18H20FN3O3/c1-24-15-10-12(2-3-14(15)19)17(23)22-7-5-18(6-8-22)16-13(4-9-25-18)11-20-21-16/h2-3,10-11H,4-9H2,1H3,(H,20,21). The smallest absolute Gasteiger partial charge is 0.253 e. The highest BCUT2D eigenvalue weighted by molar-refractivity contribution is 5.94. The number of aromatic amines is 1. The number of likely N-dealkylation sites (tertiary alicyclic amines) is 1. The van der Waals surface area contributed by atoms with Gasteiger partial charge < -0.3 is 14.4 Å². The molecule has 2 aliphatic rings. The molecule has 132 valence electrons. The highest BCUT2D eigenvalue weighted by Gasteiger charge is 2.43. The molecule has 3 heterocycles. The number of nitrogens with zero attached hydrogens (tertiary/aromatic N) is 2. The van der Waals surface area contributed by atoms with Gasteiger partial charge in [-0.15, -0.1) is 0 Å². The fourth-order valence-corrected chi connectivity index (χ4v) is 3.76. The van der Waals surface area contributed by atoms with Crippen LogP contribution in [0.15, 0.2) is 24.4 Å². The van der Waals surface area contributed by atoms with Crippen LogP contribution in [0.5, 0.6) is 5.75 Å². The zero-order valence-corrected chi connectivity index (χ0v) is 14.0. The van der Waals surface area contributed by atoms with Crippen LogP contribution in [0.25, 0.3) is 0 Å². The Hall–Kier alpha value is -2.41. The van der Waals surface area contributed by atoms with E-state index in [1.807, 2.05) is 6.20 Å². The molecular weight excluding hydrogens is 325 g/mol. The predicted octanol–water partition coefficient (Wildman–Crippen LogP) is 2.26. The first kappa shape index (κ1) is 16.1. The number of amides is 1. The lowest BCUT2D eigenvalue weighted by Crippen LogP contribution is -2.48. The molecule has 0 saturated carbocycles. The number of hydrogen-bond acceptors (Lipinski definition) is 4. The summed E-state index contributed by atoms with van der Waals surface area (Å²) in [5.74, 6) is -0.509. The number of rotatable bonds is 2. The van der Waals surface area contributed by atoms with Crippen molar-refractivity contribution in [2.24, 2.45) is 0 Å². The summed E-state index contributed by atoms with van der Waals surface area (Å²) in [6, 6.07) is 4.21. The number of H-pyrrole nitrogens is 1. The van der Waals surface area contributed by atoms with E-state index in [9.17, 15) is 9.18 Å². The summed E-state index contributed by atoms with van der Waals surface area (Å²) in [6.07, 6.45) is 4.16. The Morgan fingerprint density at radius 3 is 2.96 bits per heavy atom. The zero-order chi connectivity index (χ0) is 17.4. The van der Waals surface area contributed by atoms with Gasteiger partial charge in [0.25, 0.3) is 5.91 Å². The second-order valence-corrected chi connectivity index (χ2v) is 6.50. The zero-order valence-electron chi connectivity index (χ0n) is 14.0. The molecule has 0 atom stereocenters. The molecule has 2 aliphatic heterocycles. The average molecular weight is 345 g/mol. The van der Waals surface area contributed by atoms with E-state index >= 15 is 0 Å². The van der Waals surface area contributed by atoms with Crippen molar-refractivity contribution in [2.75, 3.05) is 26.8 Å². The van der Waals surface area contributed by atoms with Crippen molar-refractivity contribution in [3.63, 3.8) is 0 Å². The molecule has 0 aliphatic carbocycles. The maximum atomic E-state index is 13.5.